The first-order valence-electron chi connectivity index (χ1n) is 7.16. The SMILES string of the molecule is Cn1nnnc1SCC(=O)N1CC(Oc2ncccc2C(F)(F)F)C1. The van der Waals surface area contributed by atoms with Crippen LogP contribution in [0.1, 0.15) is 5.56 Å². The van der Waals surface area contributed by atoms with Gasteiger partial charge in [-0.2, -0.15) is 13.2 Å². The molecule has 1 aliphatic rings. The van der Waals surface area contributed by atoms with E-state index >= 15 is 0 Å². The Kier molecular flexibility index (Phi) is 4.79. The Labute approximate surface area is 144 Å². The predicted molar refractivity (Wildman–Crippen MR) is 79.8 cm³/mol. The number of hydrogen-bond donors (Lipinski definition) is 0. The van der Waals surface area contributed by atoms with E-state index in [1.165, 1.54) is 33.6 Å². The number of pyridine rings is 1. The van der Waals surface area contributed by atoms with Gasteiger partial charge in [-0.15, -0.1) is 5.10 Å². The molecule has 2 aromatic heterocycles. The molecule has 1 aliphatic heterocycles. The average Bonchev–Trinajstić information content (AvgIpc) is 2.93. The van der Waals surface area contributed by atoms with Crippen molar-refractivity contribution in [2.45, 2.75) is 17.4 Å². The molecule has 0 aliphatic carbocycles. The first-order chi connectivity index (χ1) is 11.8. The normalized spacial score (nSPS) is 15.1. The summed E-state index contributed by atoms with van der Waals surface area (Å²) in [4.78, 5) is 17.2. The highest BCUT2D eigenvalue weighted by atomic mass is 32.2. The second-order valence-electron chi connectivity index (χ2n) is 5.27. The zero-order valence-electron chi connectivity index (χ0n) is 13.0. The number of hydrogen-bond acceptors (Lipinski definition) is 7. The van der Waals surface area contributed by atoms with E-state index in [1.54, 1.807) is 7.05 Å². The molecule has 8 nitrogen and oxygen atoms in total. The number of alkyl halides is 3. The third kappa shape index (κ3) is 4.00. The third-order valence-corrected chi connectivity index (χ3v) is 4.46. The Morgan fingerprint density at radius 1 is 1.44 bits per heavy atom. The molecular weight excluding hydrogens is 361 g/mol. The molecule has 0 N–H and O–H groups in total. The van der Waals surface area contributed by atoms with Crippen molar-refractivity contribution in [1.29, 1.82) is 0 Å². The standard InChI is InChI=1S/C13H13F3N6O2S/c1-21-12(18-19-20-21)25-7-10(23)22-5-8(6-22)24-11-9(13(14,15)16)3-2-4-17-11/h2-4,8H,5-7H2,1H3. The van der Waals surface area contributed by atoms with Crippen molar-refractivity contribution in [1.82, 2.24) is 30.1 Å². The van der Waals surface area contributed by atoms with Crippen molar-refractivity contribution in [3.8, 4) is 5.88 Å². The first-order valence-corrected chi connectivity index (χ1v) is 8.15. The largest absolute Gasteiger partial charge is 0.470 e. The molecule has 0 radical (unpaired) electrons. The summed E-state index contributed by atoms with van der Waals surface area (Å²) in [5.74, 6) is -0.491. The van der Waals surface area contributed by atoms with Crippen LogP contribution in [-0.2, 0) is 18.0 Å². The number of thioether (sulfide) groups is 1. The number of carbonyl (C=O) groups is 1. The van der Waals surface area contributed by atoms with Gasteiger partial charge in [0.25, 0.3) is 0 Å². The minimum atomic E-state index is -4.54. The molecule has 0 aromatic carbocycles. The fourth-order valence-corrected chi connectivity index (χ4v) is 2.89. The molecular formula is C13H13F3N6O2S. The average molecular weight is 374 g/mol. The summed E-state index contributed by atoms with van der Waals surface area (Å²) in [7, 11) is 1.66. The maximum Gasteiger partial charge on any atom is 0.421 e. The Bertz CT molecular complexity index is 762. The monoisotopic (exact) mass is 374 g/mol. The lowest BCUT2D eigenvalue weighted by molar-refractivity contribution is -0.143. The summed E-state index contributed by atoms with van der Waals surface area (Å²) in [5, 5.41) is 11.4. The molecule has 0 atom stereocenters. The van der Waals surface area contributed by atoms with Crippen LogP contribution in [0.25, 0.3) is 0 Å². The summed E-state index contributed by atoms with van der Waals surface area (Å²) < 4.78 is 45.4. The van der Waals surface area contributed by atoms with Crippen LogP contribution in [0.5, 0.6) is 5.88 Å². The van der Waals surface area contributed by atoms with Gasteiger partial charge in [-0.1, -0.05) is 11.8 Å². The van der Waals surface area contributed by atoms with Crippen LogP contribution in [-0.4, -0.2) is 60.9 Å². The van der Waals surface area contributed by atoms with Crippen molar-refractivity contribution in [2.24, 2.45) is 7.05 Å². The molecule has 25 heavy (non-hydrogen) atoms. The van der Waals surface area contributed by atoms with E-state index in [0.29, 0.717) is 5.16 Å². The van der Waals surface area contributed by atoms with Crippen LogP contribution in [0.3, 0.4) is 0 Å². The van der Waals surface area contributed by atoms with Gasteiger partial charge in [-0.05, 0) is 22.6 Å². The van der Waals surface area contributed by atoms with Gasteiger partial charge < -0.3 is 9.64 Å². The number of aryl methyl sites for hydroxylation is 1. The summed E-state index contributed by atoms with van der Waals surface area (Å²) in [6.45, 7) is 0.425. The molecule has 1 saturated heterocycles. The molecule has 0 spiro atoms. The summed E-state index contributed by atoms with van der Waals surface area (Å²) >= 11 is 1.18. The highest BCUT2D eigenvalue weighted by Crippen LogP contribution is 2.35. The van der Waals surface area contributed by atoms with Crippen LogP contribution in [0.2, 0.25) is 0 Å². The van der Waals surface area contributed by atoms with E-state index in [0.717, 1.165) is 6.07 Å². The number of ether oxygens (including phenoxy) is 1. The number of tetrazole rings is 1. The molecule has 1 amide bonds. The fourth-order valence-electron chi connectivity index (χ4n) is 2.14. The Morgan fingerprint density at radius 2 is 2.20 bits per heavy atom. The van der Waals surface area contributed by atoms with Crippen LogP contribution >= 0.6 is 11.8 Å². The number of rotatable bonds is 5. The van der Waals surface area contributed by atoms with Gasteiger partial charge in [-0.25, -0.2) is 9.67 Å². The maximum absolute atomic E-state index is 12.9. The zero-order chi connectivity index (χ0) is 18.0. The van der Waals surface area contributed by atoms with Gasteiger partial charge in [0.05, 0.1) is 18.8 Å². The van der Waals surface area contributed by atoms with Crippen LogP contribution in [0.4, 0.5) is 13.2 Å². The second kappa shape index (κ2) is 6.86. The van der Waals surface area contributed by atoms with E-state index in [1.807, 2.05) is 0 Å². The molecule has 134 valence electrons. The Hall–Kier alpha value is -2.37. The summed E-state index contributed by atoms with van der Waals surface area (Å²) in [6, 6.07) is 2.11. The number of carbonyl (C=O) groups excluding carboxylic acids is 1. The molecule has 2 aromatic rings. The smallest absolute Gasteiger partial charge is 0.421 e. The van der Waals surface area contributed by atoms with Crippen molar-refractivity contribution in [3.63, 3.8) is 0 Å². The third-order valence-electron chi connectivity index (χ3n) is 3.46. The number of likely N-dealkylation sites (tertiary alicyclic amines) is 1. The molecule has 12 heteroatoms. The van der Waals surface area contributed by atoms with Gasteiger partial charge in [0.15, 0.2) is 0 Å². The minimum Gasteiger partial charge on any atom is -0.470 e. The predicted octanol–water partition coefficient (Wildman–Crippen LogP) is 1.01. The van der Waals surface area contributed by atoms with Gasteiger partial charge in [0.1, 0.15) is 11.7 Å². The second-order valence-corrected chi connectivity index (χ2v) is 6.21. The van der Waals surface area contributed by atoms with Gasteiger partial charge in [0.2, 0.25) is 16.9 Å². The highest BCUT2D eigenvalue weighted by molar-refractivity contribution is 7.99. The van der Waals surface area contributed by atoms with Crippen LogP contribution in [0.15, 0.2) is 23.5 Å². The molecule has 0 saturated carbocycles. The van der Waals surface area contributed by atoms with Crippen LogP contribution in [0, 0.1) is 0 Å². The zero-order valence-corrected chi connectivity index (χ0v) is 13.8. The van der Waals surface area contributed by atoms with Crippen molar-refractivity contribution < 1.29 is 22.7 Å². The molecule has 0 unspecified atom stereocenters. The van der Waals surface area contributed by atoms with Gasteiger partial charge in [0, 0.05) is 13.2 Å². The summed E-state index contributed by atoms with van der Waals surface area (Å²) in [5.41, 5.74) is -0.926. The van der Waals surface area contributed by atoms with Crippen molar-refractivity contribution in [3.05, 3.63) is 23.9 Å². The minimum absolute atomic E-state index is 0.137. The molecule has 1 fully saturated rings. The Morgan fingerprint density at radius 3 is 2.84 bits per heavy atom. The van der Waals surface area contributed by atoms with E-state index in [9.17, 15) is 18.0 Å². The lowest BCUT2D eigenvalue weighted by Crippen LogP contribution is -2.56. The quantitative estimate of drug-likeness (QED) is 0.722. The maximum atomic E-state index is 12.9. The Balaban J connectivity index is 1.50. The lowest BCUT2D eigenvalue weighted by atomic mass is 10.1. The highest BCUT2D eigenvalue weighted by Gasteiger charge is 2.38. The van der Waals surface area contributed by atoms with E-state index in [-0.39, 0.29) is 24.7 Å². The lowest BCUT2D eigenvalue weighted by Gasteiger charge is -2.38. The van der Waals surface area contributed by atoms with E-state index in [2.05, 4.69) is 20.5 Å². The van der Waals surface area contributed by atoms with E-state index < -0.39 is 23.7 Å². The molecule has 0 bridgehead atoms. The number of aromatic nitrogens is 5. The summed E-state index contributed by atoms with van der Waals surface area (Å²) in [6.07, 6.45) is -3.82. The fraction of sp³-hybridized carbons (Fsp3) is 0.462. The van der Waals surface area contributed by atoms with E-state index in [4.69, 9.17) is 4.74 Å². The number of nitrogens with zero attached hydrogens (tertiary/aromatic N) is 6. The van der Waals surface area contributed by atoms with Crippen molar-refractivity contribution in [2.75, 3.05) is 18.8 Å². The molecule has 3 heterocycles. The topological polar surface area (TPSA) is 86.0 Å². The first kappa shape index (κ1) is 17.5. The number of halogens is 3. The van der Waals surface area contributed by atoms with Crippen LogP contribution < -0.4 is 4.74 Å². The molecule has 3 rings (SSSR count). The van der Waals surface area contributed by atoms with Crippen molar-refractivity contribution >= 4 is 17.7 Å². The number of amides is 1. The van der Waals surface area contributed by atoms with Gasteiger partial charge >= 0.3 is 6.18 Å². The van der Waals surface area contributed by atoms with Gasteiger partial charge in [-0.3, -0.25) is 4.79 Å².